The highest BCUT2D eigenvalue weighted by molar-refractivity contribution is 5.85. The van der Waals surface area contributed by atoms with Gasteiger partial charge >= 0.3 is 5.97 Å². The van der Waals surface area contributed by atoms with Gasteiger partial charge in [0.15, 0.2) is 0 Å². The minimum Gasteiger partial charge on any atom is -0.490 e. The molecule has 1 aromatic heterocycles. The van der Waals surface area contributed by atoms with Gasteiger partial charge in [-0.05, 0) is 38.8 Å². The molecule has 2 heterocycles. The van der Waals surface area contributed by atoms with E-state index in [4.69, 9.17) is 9.47 Å². The molecule has 0 amide bonds. The van der Waals surface area contributed by atoms with Crippen LogP contribution in [0, 0.1) is 11.6 Å². The van der Waals surface area contributed by atoms with Crippen LogP contribution < -0.4 is 4.74 Å². The van der Waals surface area contributed by atoms with Gasteiger partial charge in [0.05, 0.1) is 6.04 Å². The maximum atomic E-state index is 15.5. The Morgan fingerprint density at radius 3 is 2.50 bits per heavy atom. The molecule has 0 saturated heterocycles. The Morgan fingerprint density at radius 2 is 1.85 bits per heavy atom. The van der Waals surface area contributed by atoms with E-state index in [1.54, 1.807) is 0 Å². The van der Waals surface area contributed by atoms with Crippen LogP contribution in [-0.2, 0) is 16.0 Å². The quantitative estimate of drug-likeness (QED) is 0.364. The smallest absolute Gasteiger partial charge is 0.302 e. The lowest BCUT2D eigenvalue weighted by molar-refractivity contribution is -0.141. The number of H-pyrrole nitrogens is 1. The zero-order valence-electron chi connectivity index (χ0n) is 19.8. The molecule has 0 aliphatic carbocycles. The average Bonchev–Trinajstić information content (AvgIpc) is 3.10. The van der Waals surface area contributed by atoms with E-state index >= 15 is 8.78 Å². The van der Waals surface area contributed by atoms with Crippen LogP contribution in [0.15, 0.2) is 36.4 Å². The van der Waals surface area contributed by atoms with Gasteiger partial charge in [0, 0.05) is 53.8 Å². The Hall–Kier alpha value is -3.00. The van der Waals surface area contributed by atoms with Gasteiger partial charge in [-0.1, -0.05) is 18.2 Å². The predicted octanol–water partition coefficient (Wildman–Crippen LogP) is 5.47. The molecule has 34 heavy (non-hydrogen) atoms. The third-order valence-electron chi connectivity index (χ3n) is 6.06. The maximum Gasteiger partial charge on any atom is 0.302 e. The van der Waals surface area contributed by atoms with E-state index in [0.29, 0.717) is 12.1 Å². The van der Waals surface area contributed by atoms with Crippen molar-refractivity contribution >= 4 is 16.9 Å². The van der Waals surface area contributed by atoms with E-state index in [1.165, 1.54) is 20.8 Å². The molecule has 4 rings (SSSR count). The maximum absolute atomic E-state index is 15.5. The summed E-state index contributed by atoms with van der Waals surface area (Å²) in [6.45, 7) is 6.08. The summed E-state index contributed by atoms with van der Waals surface area (Å²) < 4.78 is 55.9. The summed E-state index contributed by atoms with van der Waals surface area (Å²) in [6.07, 6.45) is 0.631. The second kappa shape index (κ2) is 9.33. The van der Waals surface area contributed by atoms with Gasteiger partial charge in [0.25, 0.3) is 0 Å². The standard InChI is InChI=1S/C26H29F3N2O3/c1-15-11-19-18-7-5-6-8-22(18)30-24(19)25(31(15)14-26(3,4)29)23-20(27)12-17(13-21(23)28)34-10-9-33-16(2)32/h5-8,12-13,15,25,30H,9-11,14H2,1-4H3/t15-,25-/m1/s1. The minimum absolute atomic E-state index is 0.00710. The van der Waals surface area contributed by atoms with Gasteiger partial charge in [0.2, 0.25) is 0 Å². The Morgan fingerprint density at radius 1 is 1.18 bits per heavy atom. The van der Waals surface area contributed by atoms with Crippen LogP contribution in [0.5, 0.6) is 5.75 Å². The summed E-state index contributed by atoms with van der Waals surface area (Å²) in [6, 6.07) is 8.98. The van der Waals surface area contributed by atoms with E-state index in [2.05, 4.69) is 4.98 Å². The van der Waals surface area contributed by atoms with Crippen molar-refractivity contribution in [2.24, 2.45) is 0 Å². The number of ether oxygens (including phenoxy) is 2. The molecule has 1 aliphatic heterocycles. The number of aromatic amines is 1. The highest BCUT2D eigenvalue weighted by Gasteiger charge is 2.41. The van der Waals surface area contributed by atoms with Crippen molar-refractivity contribution in [1.82, 2.24) is 9.88 Å². The van der Waals surface area contributed by atoms with E-state index < -0.39 is 29.3 Å². The number of nitrogens with zero attached hydrogens (tertiary/aromatic N) is 1. The molecule has 5 nitrogen and oxygen atoms in total. The topological polar surface area (TPSA) is 54.6 Å². The first kappa shape index (κ1) is 24.1. The number of esters is 1. The fraction of sp³-hybridized carbons (Fsp3) is 0.423. The first-order valence-electron chi connectivity index (χ1n) is 11.3. The highest BCUT2D eigenvalue weighted by Crippen LogP contribution is 2.43. The van der Waals surface area contributed by atoms with Gasteiger partial charge < -0.3 is 14.5 Å². The third kappa shape index (κ3) is 4.92. The number of fused-ring (bicyclic) bond motifs is 3. The van der Waals surface area contributed by atoms with E-state index in [1.807, 2.05) is 36.1 Å². The predicted molar refractivity (Wildman–Crippen MR) is 124 cm³/mol. The molecule has 0 radical (unpaired) electrons. The zero-order valence-corrected chi connectivity index (χ0v) is 19.8. The first-order valence-corrected chi connectivity index (χ1v) is 11.3. The van der Waals surface area contributed by atoms with Crippen LogP contribution in [0.3, 0.4) is 0 Å². The van der Waals surface area contributed by atoms with Crippen molar-refractivity contribution in [2.45, 2.75) is 51.9 Å². The van der Waals surface area contributed by atoms with Crippen molar-refractivity contribution in [3.05, 3.63) is 64.9 Å². The van der Waals surface area contributed by atoms with E-state index in [0.717, 1.165) is 28.6 Å². The molecule has 0 fully saturated rings. The fourth-order valence-electron chi connectivity index (χ4n) is 4.75. The molecule has 0 spiro atoms. The van der Waals surface area contributed by atoms with Crippen LogP contribution >= 0.6 is 0 Å². The molecule has 2 aromatic carbocycles. The normalized spacial score (nSPS) is 18.7. The number of aromatic nitrogens is 1. The number of rotatable bonds is 7. The van der Waals surface area contributed by atoms with Crippen molar-refractivity contribution in [3.63, 3.8) is 0 Å². The second-order valence-corrected chi connectivity index (χ2v) is 9.40. The molecular formula is C26H29F3N2O3. The van der Waals surface area contributed by atoms with Crippen molar-refractivity contribution < 1.29 is 27.4 Å². The van der Waals surface area contributed by atoms with Crippen LogP contribution in [0.2, 0.25) is 0 Å². The van der Waals surface area contributed by atoms with Gasteiger partial charge in [-0.3, -0.25) is 9.69 Å². The molecule has 0 bridgehead atoms. The summed E-state index contributed by atoms with van der Waals surface area (Å²) in [5.41, 5.74) is 0.808. The summed E-state index contributed by atoms with van der Waals surface area (Å²) in [5.74, 6) is -2.04. The SMILES string of the molecule is CC(=O)OCCOc1cc(F)c([C@@H]2c3[nH]c4ccccc4c3C[C@@H](C)N2CC(C)(C)F)c(F)c1. The minimum atomic E-state index is -1.57. The average molecular weight is 475 g/mol. The number of carbonyl (C=O) groups is 1. The molecule has 0 unspecified atom stereocenters. The Labute approximate surface area is 196 Å². The van der Waals surface area contributed by atoms with Gasteiger partial charge in [-0.15, -0.1) is 0 Å². The number of hydrogen-bond acceptors (Lipinski definition) is 4. The van der Waals surface area contributed by atoms with Crippen LogP contribution in [-0.4, -0.2) is 47.3 Å². The summed E-state index contributed by atoms with van der Waals surface area (Å²) in [5, 5.41) is 1.000. The number of para-hydroxylation sites is 1. The molecule has 2 atom stereocenters. The lowest BCUT2D eigenvalue weighted by atomic mass is 9.87. The molecule has 182 valence electrons. The molecule has 1 N–H and O–H groups in total. The van der Waals surface area contributed by atoms with Crippen molar-refractivity contribution in [3.8, 4) is 5.75 Å². The lowest BCUT2D eigenvalue weighted by Gasteiger charge is -2.43. The fourth-order valence-corrected chi connectivity index (χ4v) is 4.75. The van der Waals surface area contributed by atoms with Crippen LogP contribution in [0.4, 0.5) is 13.2 Å². The molecular weight excluding hydrogens is 445 g/mol. The Bertz CT molecular complexity index is 1180. The number of carbonyl (C=O) groups excluding carboxylic acids is 1. The van der Waals surface area contributed by atoms with Gasteiger partial charge in [0.1, 0.15) is 36.3 Å². The largest absolute Gasteiger partial charge is 0.490 e. The van der Waals surface area contributed by atoms with E-state index in [9.17, 15) is 9.18 Å². The Kier molecular flexibility index (Phi) is 6.62. The Balaban J connectivity index is 1.77. The number of halogens is 3. The number of nitrogens with one attached hydrogen (secondary N) is 1. The van der Waals surface area contributed by atoms with Crippen LogP contribution in [0.1, 0.15) is 50.6 Å². The molecule has 8 heteroatoms. The second-order valence-electron chi connectivity index (χ2n) is 9.40. The highest BCUT2D eigenvalue weighted by atomic mass is 19.1. The number of hydrogen-bond donors (Lipinski definition) is 1. The van der Waals surface area contributed by atoms with Crippen molar-refractivity contribution in [2.75, 3.05) is 19.8 Å². The molecule has 3 aromatic rings. The number of alkyl halides is 1. The molecule has 0 saturated carbocycles. The van der Waals surface area contributed by atoms with Crippen LogP contribution in [0.25, 0.3) is 10.9 Å². The summed E-state index contributed by atoms with van der Waals surface area (Å²) in [4.78, 5) is 16.0. The summed E-state index contributed by atoms with van der Waals surface area (Å²) in [7, 11) is 0. The van der Waals surface area contributed by atoms with E-state index in [-0.39, 0.29) is 37.1 Å². The molecule has 1 aliphatic rings. The van der Waals surface area contributed by atoms with Gasteiger partial charge in [-0.25, -0.2) is 13.2 Å². The number of benzene rings is 2. The monoisotopic (exact) mass is 474 g/mol. The zero-order chi connectivity index (χ0) is 24.6. The van der Waals surface area contributed by atoms with Crippen molar-refractivity contribution in [1.29, 1.82) is 0 Å². The third-order valence-corrected chi connectivity index (χ3v) is 6.06. The lowest BCUT2D eigenvalue weighted by Crippen LogP contribution is -2.48. The van der Waals surface area contributed by atoms with Gasteiger partial charge in [-0.2, -0.15) is 0 Å². The summed E-state index contributed by atoms with van der Waals surface area (Å²) >= 11 is 0. The first-order chi connectivity index (χ1) is 16.0.